The van der Waals surface area contributed by atoms with Crippen LogP contribution in [0.1, 0.15) is 30.1 Å². The predicted molar refractivity (Wildman–Crippen MR) is 55.9 cm³/mol. The van der Waals surface area contributed by atoms with Crippen LogP contribution < -0.4 is 5.73 Å². The molecular weight excluding hydrogens is 184 g/mol. The van der Waals surface area contributed by atoms with Gasteiger partial charge in [0.05, 0.1) is 11.7 Å². The predicted octanol–water partition coefficient (Wildman–Crippen LogP) is 2.22. The summed E-state index contributed by atoms with van der Waals surface area (Å²) in [7, 11) is 0. The van der Waals surface area contributed by atoms with Crippen molar-refractivity contribution in [2.75, 3.05) is 0 Å². The number of aryl methyl sites for hydroxylation is 1. The molecule has 0 aliphatic heterocycles. The van der Waals surface area contributed by atoms with Crippen LogP contribution in [0.5, 0.6) is 0 Å². The Morgan fingerprint density at radius 1 is 1.54 bits per heavy atom. The van der Waals surface area contributed by atoms with Gasteiger partial charge in [0.15, 0.2) is 0 Å². The summed E-state index contributed by atoms with van der Waals surface area (Å²) >= 11 is 0. The van der Waals surface area contributed by atoms with Crippen molar-refractivity contribution in [3.8, 4) is 0 Å². The van der Waals surface area contributed by atoms with Gasteiger partial charge in [-0.2, -0.15) is 0 Å². The van der Waals surface area contributed by atoms with Gasteiger partial charge in [0, 0.05) is 6.20 Å². The van der Waals surface area contributed by atoms with Crippen LogP contribution >= 0.6 is 12.4 Å². The van der Waals surface area contributed by atoms with Gasteiger partial charge in [-0.15, -0.1) is 12.4 Å². The van der Waals surface area contributed by atoms with E-state index in [1.807, 2.05) is 12.3 Å². The lowest BCUT2D eigenvalue weighted by molar-refractivity contribution is 0.610. The van der Waals surface area contributed by atoms with Crippen molar-refractivity contribution in [2.24, 2.45) is 11.7 Å². The summed E-state index contributed by atoms with van der Waals surface area (Å²) in [5, 5.41) is 0. The minimum absolute atomic E-state index is 0. The normalized spacial score (nSPS) is 17.7. The molecule has 0 unspecified atom stereocenters. The molecule has 0 saturated heterocycles. The van der Waals surface area contributed by atoms with E-state index < -0.39 is 0 Å². The first-order valence-electron chi connectivity index (χ1n) is 4.46. The van der Waals surface area contributed by atoms with E-state index in [1.165, 1.54) is 18.4 Å². The van der Waals surface area contributed by atoms with Crippen LogP contribution in [0.4, 0.5) is 0 Å². The second-order valence-electron chi connectivity index (χ2n) is 3.57. The van der Waals surface area contributed by atoms with E-state index >= 15 is 0 Å². The average Bonchev–Trinajstić information content (AvgIpc) is 2.86. The van der Waals surface area contributed by atoms with Crippen LogP contribution in [-0.2, 0) is 0 Å². The maximum atomic E-state index is 6.04. The Hall–Kier alpha value is -0.600. The Labute approximate surface area is 85.0 Å². The molecule has 1 atom stereocenters. The number of aromatic nitrogens is 1. The molecule has 0 spiro atoms. The summed E-state index contributed by atoms with van der Waals surface area (Å²) in [6.45, 7) is 2.07. The molecule has 0 radical (unpaired) electrons. The zero-order chi connectivity index (χ0) is 8.55. The number of rotatable bonds is 2. The highest BCUT2D eigenvalue weighted by molar-refractivity contribution is 5.85. The van der Waals surface area contributed by atoms with E-state index in [1.54, 1.807) is 0 Å². The number of nitrogens with two attached hydrogens (primary N) is 1. The average molecular weight is 199 g/mol. The van der Waals surface area contributed by atoms with Gasteiger partial charge in [-0.1, -0.05) is 6.07 Å². The first kappa shape index (κ1) is 10.5. The van der Waals surface area contributed by atoms with E-state index in [9.17, 15) is 0 Å². The zero-order valence-electron chi connectivity index (χ0n) is 7.73. The molecule has 1 aromatic heterocycles. The van der Waals surface area contributed by atoms with Crippen molar-refractivity contribution in [2.45, 2.75) is 25.8 Å². The van der Waals surface area contributed by atoms with E-state index in [-0.39, 0.29) is 18.4 Å². The number of hydrogen-bond donors (Lipinski definition) is 1. The van der Waals surface area contributed by atoms with Gasteiger partial charge < -0.3 is 5.73 Å². The third-order valence-electron chi connectivity index (χ3n) is 2.50. The molecular formula is C10H15ClN2. The quantitative estimate of drug-likeness (QED) is 0.792. The lowest BCUT2D eigenvalue weighted by atomic mass is 10.1. The van der Waals surface area contributed by atoms with Crippen LogP contribution in [-0.4, -0.2) is 4.98 Å². The van der Waals surface area contributed by atoms with Gasteiger partial charge in [-0.25, -0.2) is 0 Å². The molecule has 13 heavy (non-hydrogen) atoms. The Balaban J connectivity index is 0.000000845. The van der Waals surface area contributed by atoms with Crippen LogP contribution in [0, 0.1) is 12.8 Å². The van der Waals surface area contributed by atoms with Gasteiger partial charge in [0.2, 0.25) is 0 Å². The molecule has 0 amide bonds. The maximum Gasteiger partial charge on any atom is 0.0602 e. The van der Waals surface area contributed by atoms with Crippen molar-refractivity contribution in [1.29, 1.82) is 0 Å². The van der Waals surface area contributed by atoms with E-state index in [2.05, 4.69) is 18.0 Å². The number of nitrogens with zero attached hydrogens (tertiary/aromatic N) is 1. The molecule has 1 fully saturated rings. The smallest absolute Gasteiger partial charge is 0.0602 e. The molecule has 72 valence electrons. The maximum absolute atomic E-state index is 6.04. The second kappa shape index (κ2) is 4.07. The summed E-state index contributed by atoms with van der Waals surface area (Å²) < 4.78 is 0. The third-order valence-corrected chi connectivity index (χ3v) is 2.50. The van der Waals surface area contributed by atoms with Gasteiger partial charge in [-0.05, 0) is 37.3 Å². The number of pyridine rings is 1. The minimum Gasteiger partial charge on any atom is -0.322 e. The summed E-state index contributed by atoms with van der Waals surface area (Å²) in [5.74, 6) is 0.693. The van der Waals surface area contributed by atoms with Crippen molar-refractivity contribution >= 4 is 12.4 Å². The fourth-order valence-corrected chi connectivity index (χ4v) is 1.53. The first-order valence-corrected chi connectivity index (χ1v) is 4.46. The zero-order valence-corrected chi connectivity index (χ0v) is 8.55. The van der Waals surface area contributed by atoms with Crippen LogP contribution in [0.25, 0.3) is 0 Å². The van der Waals surface area contributed by atoms with Gasteiger partial charge in [-0.3, -0.25) is 4.98 Å². The van der Waals surface area contributed by atoms with Gasteiger partial charge >= 0.3 is 0 Å². The van der Waals surface area contributed by atoms with Gasteiger partial charge in [0.1, 0.15) is 0 Å². The van der Waals surface area contributed by atoms with Crippen molar-refractivity contribution in [1.82, 2.24) is 4.98 Å². The summed E-state index contributed by atoms with van der Waals surface area (Å²) in [5.41, 5.74) is 8.34. The van der Waals surface area contributed by atoms with Crippen molar-refractivity contribution < 1.29 is 0 Å². The molecule has 2 N–H and O–H groups in total. The van der Waals surface area contributed by atoms with Crippen molar-refractivity contribution in [3.63, 3.8) is 0 Å². The molecule has 3 heteroatoms. The van der Waals surface area contributed by atoms with E-state index in [4.69, 9.17) is 5.73 Å². The van der Waals surface area contributed by atoms with Crippen molar-refractivity contribution in [3.05, 3.63) is 29.6 Å². The Morgan fingerprint density at radius 2 is 2.23 bits per heavy atom. The fraction of sp³-hybridized carbons (Fsp3) is 0.500. The summed E-state index contributed by atoms with van der Waals surface area (Å²) in [6.07, 6.45) is 4.37. The molecule has 0 aromatic carbocycles. The number of halogens is 1. The lowest BCUT2D eigenvalue weighted by Gasteiger charge is -2.11. The fourth-order valence-electron chi connectivity index (χ4n) is 1.53. The highest BCUT2D eigenvalue weighted by Crippen LogP contribution is 2.39. The topological polar surface area (TPSA) is 38.9 Å². The highest BCUT2D eigenvalue weighted by atomic mass is 35.5. The van der Waals surface area contributed by atoms with Gasteiger partial charge in [0.25, 0.3) is 0 Å². The van der Waals surface area contributed by atoms with Crippen LogP contribution in [0.15, 0.2) is 18.3 Å². The first-order chi connectivity index (χ1) is 5.79. The SMILES string of the molecule is Cc1cccnc1[C@H](N)C1CC1.Cl. The Bertz CT molecular complexity index is 284. The molecule has 0 bridgehead atoms. The third kappa shape index (κ3) is 2.20. The van der Waals surface area contributed by atoms with Crippen LogP contribution in [0.3, 0.4) is 0 Å². The molecule has 1 saturated carbocycles. The van der Waals surface area contributed by atoms with E-state index in [0.29, 0.717) is 5.92 Å². The summed E-state index contributed by atoms with van der Waals surface area (Å²) in [6, 6.07) is 4.20. The number of hydrogen-bond acceptors (Lipinski definition) is 2. The standard InChI is InChI=1S/C10H14N2.ClH/c1-7-3-2-6-12-10(7)9(11)8-4-5-8;/h2-3,6,8-9H,4-5,11H2,1H3;1H/t9-;/m1./s1. The molecule has 1 aliphatic carbocycles. The monoisotopic (exact) mass is 198 g/mol. The lowest BCUT2D eigenvalue weighted by Crippen LogP contribution is -2.15. The molecule has 1 heterocycles. The molecule has 1 aromatic rings. The molecule has 1 aliphatic rings. The Morgan fingerprint density at radius 3 is 2.77 bits per heavy atom. The Kier molecular flexibility index (Phi) is 3.28. The van der Waals surface area contributed by atoms with Crippen LogP contribution in [0.2, 0.25) is 0 Å². The molecule has 2 nitrogen and oxygen atoms in total. The summed E-state index contributed by atoms with van der Waals surface area (Å²) in [4.78, 5) is 4.31. The largest absolute Gasteiger partial charge is 0.322 e. The highest BCUT2D eigenvalue weighted by Gasteiger charge is 2.30. The van der Waals surface area contributed by atoms with E-state index in [0.717, 1.165) is 5.69 Å². The molecule has 2 rings (SSSR count). The second-order valence-corrected chi connectivity index (χ2v) is 3.57. The minimum atomic E-state index is 0.